The number of carbonyl (C=O) groups excluding carboxylic acids is 1. The van der Waals surface area contributed by atoms with Crippen LogP contribution in [0.1, 0.15) is 57.0 Å². The predicted molar refractivity (Wildman–Crippen MR) is 108 cm³/mol. The number of piperidine rings is 1. The molecule has 1 aliphatic heterocycles. The third-order valence-electron chi connectivity index (χ3n) is 5.18. The van der Waals surface area contributed by atoms with Crippen molar-refractivity contribution in [2.45, 2.75) is 57.7 Å². The van der Waals surface area contributed by atoms with E-state index in [4.69, 9.17) is 4.74 Å². The molecular formula is C22H29N3O3. The van der Waals surface area contributed by atoms with Crippen molar-refractivity contribution in [1.82, 2.24) is 9.97 Å². The molecule has 0 spiro atoms. The highest BCUT2D eigenvalue weighted by molar-refractivity contribution is 5.69. The number of aliphatic hydroxyl groups is 1. The van der Waals surface area contributed by atoms with E-state index >= 15 is 0 Å². The smallest absolute Gasteiger partial charge is 0.306 e. The van der Waals surface area contributed by atoms with Crippen molar-refractivity contribution >= 4 is 11.8 Å². The highest BCUT2D eigenvalue weighted by Gasteiger charge is 2.33. The van der Waals surface area contributed by atoms with Gasteiger partial charge in [-0.05, 0) is 37.8 Å². The van der Waals surface area contributed by atoms with Gasteiger partial charge in [-0.15, -0.1) is 0 Å². The number of hydrogen-bond donors (Lipinski definition) is 1. The van der Waals surface area contributed by atoms with Gasteiger partial charge < -0.3 is 14.7 Å². The minimum Gasteiger partial charge on any atom is -0.454 e. The number of aromatic nitrogens is 2. The van der Waals surface area contributed by atoms with Crippen LogP contribution in [0.4, 0.5) is 5.82 Å². The van der Waals surface area contributed by atoms with Gasteiger partial charge in [0.1, 0.15) is 5.82 Å². The Hall–Kier alpha value is -2.47. The summed E-state index contributed by atoms with van der Waals surface area (Å²) in [5.41, 5.74) is 0.474. The monoisotopic (exact) mass is 383 g/mol. The number of anilines is 1. The summed E-state index contributed by atoms with van der Waals surface area (Å²) in [7, 11) is 0. The number of benzene rings is 1. The zero-order valence-electron chi connectivity index (χ0n) is 16.7. The van der Waals surface area contributed by atoms with E-state index in [1.807, 2.05) is 31.2 Å². The summed E-state index contributed by atoms with van der Waals surface area (Å²) in [4.78, 5) is 22.7. The van der Waals surface area contributed by atoms with Crippen LogP contribution in [0.3, 0.4) is 0 Å². The molecule has 0 bridgehead atoms. The summed E-state index contributed by atoms with van der Waals surface area (Å²) in [5.74, 6) is 1.09. The lowest BCUT2D eigenvalue weighted by atomic mass is 9.85. The zero-order chi connectivity index (χ0) is 20.0. The Bertz CT molecular complexity index is 774. The Labute approximate surface area is 166 Å². The largest absolute Gasteiger partial charge is 0.454 e. The molecule has 3 rings (SSSR count). The normalized spacial score (nSPS) is 17.2. The van der Waals surface area contributed by atoms with Crippen LogP contribution >= 0.6 is 0 Å². The third-order valence-corrected chi connectivity index (χ3v) is 5.18. The molecule has 6 nitrogen and oxygen atoms in total. The summed E-state index contributed by atoms with van der Waals surface area (Å²) in [5, 5.41) is 11.0. The Morgan fingerprint density at radius 3 is 2.64 bits per heavy atom. The summed E-state index contributed by atoms with van der Waals surface area (Å²) < 4.78 is 5.40. The van der Waals surface area contributed by atoms with E-state index in [1.165, 1.54) is 0 Å². The number of esters is 1. The van der Waals surface area contributed by atoms with Crippen LogP contribution in [0.15, 0.2) is 42.6 Å². The molecule has 2 heterocycles. The number of carbonyl (C=O) groups is 1. The lowest BCUT2D eigenvalue weighted by Crippen LogP contribution is -2.46. The molecule has 1 aromatic heterocycles. The molecule has 1 atom stereocenters. The summed E-state index contributed by atoms with van der Waals surface area (Å²) >= 11 is 0. The van der Waals surface area contributed by atoms with Crippen molar-refractivity contribution in [3.05, 3.63) is 54.0 Å². The summed E-state index contributed by atoms with van der Waals surface area (Å²) in [6.07, 6.45) is 4.42. The fourth-order valence-corrected chi connectivity index (χ4v) is 3.55. The van der Waals surface area contributed by atoms with Crippen LogP contribution in [0, 0.1) is 0 Å². The number of hydrogen-bond acceptors (Lipinski definition) is 6. The second-order valence-electron chi connectivity index (χ2n) is 7.53. The van der Waals surface area contributed by atoms with Gasteiger partial charge in [-0.2, -0.15) is 0 Å². The van der Waals surface area contributed by atoms with E-state index in [0.717, 1.165) is 30.9 Å². The maximum absolute atomic E-state index is 11.7. The Morgan fingerprint density at radius 2 is 1.96 bits per heavy atom. The second kappa shape index (κ2) is 9.15. The van der Waals surface area contributed by atoms with E-state index < -0.39 is 11.7 Å². The van der Waals surface area contributed by atoms with Crippen molar-refractivity contribution in [3.8, 4) is 0 Å². The minimum atomic E-state index is -0.684. The highest BCUT2D eigenvalue weighted by atomic mass is 16.5. The third kappa shape index (κ3) is 5.29. The van der Waals surface area contributed by atoms with E-state index in [9.17, 15) is 9.90 Å². The Balaban J connectivity index is 1.60. The molecule has 0 aliphatic carbocycles. The number of ether oxygens (including phenoxy) is 1. The van der Waals surface area contributed by atoms with Gasteiger partial charge in [0.2, 0.25) is 0 Å². The lowest BCUT2D eigenvalue weighted by Gasteiger charge is -2.39. The van der Waals surface area contributed by atoms with Gasteiger partial charge in [-0.25, -0.2) is 9.97 Å². The van der Waals surface area contributed by atoms with Crippen LogP contribution in [0.25, 0.3) is 0 Å². The van der Waals surface area contributed by atoms with Crippen LogP contribution in [0.2, 0.25) is 0 Å². The highest BCUT2D eigenvalue weighted by Crippen LogP contribution is 2.29. The predicted octanol–water partition coefficient (Wildman–Crippen LogP) is 3.45. The molecule has 1 fully saturated rings. The summed E-state index contributed by atoms with van der Waals surface area (Å²) in [6, 6.07) is 12.0. The first-order valence-corrected chi connectivity index (χ1v) is 10.0. The van der Waals surface area contributed by atoms with Crippen molar-refractivity contribution in [2.24, 2.45) is 0 Å². The quantitative estimate of drug-likeness (QED) is 0.738. The van der Waals surface area contributed by atoms with Gasteiger partial charge in [0.15, 0.2) is 11.9 Å². The molecule has 1 N–H and O–H groups in total. The van der Waals surface area contributed by atoms with Gasteiger partial charge >= 0.3 is 5.97 Å². The molecule has 1 saturated heterocycles. The van der Waals surface area contributed by atoms with Crippen LogP contribution in [-0.4, -0.2) is 39.7 Å². The first-order valence-electron chi connectivity index (χ1n) is 10.0. The number of rotatable bonds is 7. The molecule has 0 amide bonds. The molecule has 1 aromatic carbocycles. The lowest BCUT2D eigenvalue weighted by molar-refractivity contribution is -0.149. The van der Waals surface area contributed by atoms with Gasteiger partial charge in [-0.1, -0.05) is 37.3 Å². The van der Waals surface area contributed by atoms with Crippen molar-refractivity contribution in [2.75, 3.05) is 18.0 Å². The SMILES string of the molecule is CCCC(=O)OC(C)c1nccc(N2CCC(O)(Cc3ccccc3)CC2)n1. The molecule has 0 saturated carbocycles. The fourth-order valence-electron chi connectivity index (χ4n) is 3.55. The maximum Gasteiger partial charge on any atom is 0.306 e. The van der Waals surface area contributed by atoms with E-state index in [1.54, 1.807) is 13.1 Å². The molecule has 6 heteroatoms. The molecule has 28 heavy (non-hydrogen) atoms. The first kappa shape index (κ1) is 20.3. The summed E-state index contributed by atoms with van der Waals surface area (Å²) in [6.45, 7) is 5.19. The maximum atomic E-state index is 11.7. The average molecular weight is 383 g/mol. The molecule has 0 radical (unpaired) electrons. The van der Waals surface area contributed by atoms with Crippen molar-refractivity contribution in [1.29, 1.82) is 0 Å². The zero-order valence-corrected chi connectivity index (χ0v) is 16.7. The first-order chi connectivity index (χ1) is 13.5. The number of nitrogens with zero attached hydrogens (tertiary/aromatic N) is 3. The average Bonchev–Trinajstić information content (AvgIpc) is 2.69. The molecule has 1 aliphatic rings. The van der Waals surface area contributed by atoms with E-state index in [0.29, 0.717) is 31.5 Å². The molecule has 2 aromatic rings. The molecule has 150 valence electrons. The van der Waals surface area contributed by atoms with Gasteiger partial charge in [0.05, 0.1) is 5.60 Å². The second-order valence-corrected chi connectivity index (χ2v) is 7.53. The van der Waals surface area contributed by atoms with Gasteiger partial charge in [0.25, 0.3) is 0 Å². The Kier molecular flexibility index (Phi) is 6.62. The Morgan fingerprint density at radius 1 is 1.25 bits per heavy atom. The molecule has 1 unspecified atom stereocenters. The minimum absolute atomic E-state index is 0.229. The van der Waals surface area contributed by atoms with Crippen molar-refractivity contribution < 1.29 is 14.6 Å². The van der Waals surface area contributed by atoms with Crippen LogP contribution < -0.4 is 4.90 Å². The van der Waals surface area contributed by atoms with Gasteiger partial charge in [-0.3, -0.25) is 4.79 Å². The van der Waals surface area contributed by atoms with Gasteiger partial charge in [0, 0.05) is 32.1 Å². The topological polar surface area (TPSA) is 75.5 Å². The molecular weight excluding hydrogens is 354 g/mol. The van der Waals surface area contributed by atoms with E-state index in [2.05, 4.69) is 27.0 Å². The van der Waals surface area contributed by atoms with Crippen LogP contribution in [0.5, 0.6) is 0 Å². The van der Waals surface area contributed by atoms with E-state index in [-0.39, 0.29) is 5.97 Å². The fraction of sp³-hybridized carbons (Fsp3) is 0.500. The standard InChI is InChI=1S/C22H29N3O3/c1-3-7-20(26)28-17(2)21-23-13-10-19(24-21)25-14-11-22(27,12-15-25)16-18-8-5-4-6-9-18/h4-6,8-10,13,17,27H,3,7,11-12,14-16H2,1-2H3. The van der Waals surface area contributed by atoms with Crippen molar-refractivity contribution in [3.63, 3.8) is 0 Å². The van der Waals surface area contributed by atoms with Crippen LogP contribution in [-0.2, 0) is 16.0 Å².